The highest BCUT2D eigenvalue weighted by Gasteiger charge is 2.40. The van der Waals surface area contributed by atoms with Crippen molar-refractivity contribution in [2.45, 2.75) is 11.8 Å². The first-order valence-electron chi connectivity index (χ1n) is 8.73. The number of anilines is 1. The van der Waals surface area contributed by atoms with Gasteiger partial charge in [0.2, 0.25) is 0 Å². The van der Waals surface area contributed by atoms with Crippen LogP contribution in [0.5, 0.6) is 0 Å². The van der Waals surface area contributed by atoms with Crippen LogP contribution in [0.3, 0.4) is 0 Å². The number of aryl methyl sites for hydroxylation is 1. The van der Waals surface area contributed by atoms with E-state index in [-0.39, 0.29) is 5.91 Å². The lowest BCUT2D eigenvalue weighted by Crippen LogP contribution is -2.31. The van der Waals surface area contributed by atoms with Crippen LogP contribution in [0, 0.1) is 12.7 Å². The molecule has 0 radical (unpaired) electrons. The summed E-state index contributed by atoms with van der Waals surface area (Å²) in [5.74, 6) is -1.17. The molecule has 0 atom stereocenters. The first-order chi connectivity index (χ1) is 13.5. The third-order valence-corrected chi connectivity index (χ3v) is 5.49. The molecule has 0 bridgehead atoms. The summed E-state index contributed by atoms with van der Waals surface area (Å²) in [5.41, 5.74) is 2.29. The van der Waals surface area contributed by atoms with Gasteiger partial charge in [0.25, 0.3) is 11.8 Å². The summed E-state index contributed by atoms with van der Waals surface area (Å²) in [6, 6.07) is 22.3. The third-order valence-electron chi connectivity index (χ3n) is 4.40. The summed E-state index contributed by atoms with van der Waals surface area (Å²) in [4.78, 5) is 28.9. The molecule has 0 fully saturated rings. The molecule has 3 aromatic carbocycles. The number of hydrogen-bond acceptors (Lipinski definition) is 3. The van der Waals surface area contributed by atoms with E-state index in [1.807, 2.05) is 49.4 Å². The lowest BCUT2D eigenvalue weighted by Gasteiger charge is -2.15. The van der Waals surface area contributed by atoms with Crippen LogP contribution in [0.15, 0.2) is 88.7 Å². The van der Waals surface area contributed by atoms with Gasteiger partial charge in [0.1, 0.15) is 5.82 Å². The zero-order valence-electron chi connectivity index (χ0n) is 15.1. The summed E-state index contributed by atoms with van der Waals surface area (Å²) in [6.45, 7) is 1.91. The van der Waals surface area contributed by atoms with Crippen molar-refractivity contribution in [1.29, 1.82) is 0 Å². The number of hydrogen-bond donors (Lipinski definition) is 0. The number of amides is 2. The monoisotopic (exact) mass is 389 g/mol. The van der Waals surface area contributed by atoms with E-state index in [1.54, 1.807) is 12.1 Å². The van der Waals surface area contributed by atoms with Crippen molar-refractivity contribution in [2.75, 3.05) is 4.90 Å². The Morgan fingerprint density at radius 2 is 1.54 bits per heavy atom. The van der Waals surface area contributed by atoms with Crippen molar-refractivity contribution < 1.29 is 14.0 Å². The first-order valence-corrected chi connectivity index (χ1v) is 9.55. The topological polar surface area (TPSA) is 37.4 Å². The molecule has 138 valence electrons. The van der Waals surface area contributed by atoms with Crippen LogP contribution in [0.25, 0.3) is 5.57 Å². The molecular weight excluding hydrogens is 373 g/mol. The van der Waals surface area contributed by atoms with Crippen LogP contribution in [-0.2, 0) is 9.59 Å². The molecular formula is C23H16FNO2S. The Hall–Kier alpha value is -3.18. The van der Waals surface area contributed by atoms with E-state index in [0.717, 1.165) is 10.5 Å². The Balaban J connectivity index is 1.83. The van der Waals surface area contributed by atoms with Crippen LogP contribution < -0.4 is 4.90 Å². The molecule has 0 unspecified atom stereocenters. The highest BCUT2D eigenvalue weighted by molar-refractivity contribution is 8.04. The van der Waals surface area contributed by atoms with E-state index in [1.165, 1.54) is 40.9 Å². The number of rotatable bonds is 4. The molecule has 0 saturated heterocycles. The maximum Gasteiger partial charge on any atom is 0.272 e. The van der Waals surface area contributed by atoms with Crippen molar-refractivity contribution in [3.8, 4) is 0 Å². The van der Waals surface area contributed by atoms with Gasteiger partial charge < -0.3 is 0 Å². The van der Waals surface area contributed by atoms with Gasteiger partial charge in [-0.25, -0.2) is 9.29 Å². The van der Waals surface area contributed by atoms with E-state index in [2.05, 4.69) is 0 Å². The normalized spacial score (nSPS) is 14.1. The van der Waals surface area contributed by atoms with Crippen molar-refractivity contribution >= 4 is 34.8 Å². The second-order valence-electron chi connectivity index (χ2n) is 6.41. The van der Waals surface area contributed by atoms with Crippen LogP contribution >= 0.6 is 11.8 Å². The fraction of sp³-hybridized carbons (Fsp3) is 0.0435. The largest absolute Gasteiger partial charge is 0.272 e. The number of thioether (sulfide) groups is 1. The van der Waals surface area contributed by atoms with Crippen LogP contribution in [0.1, 0.15) is 11.1 Å². The van der Waals surface area contributed by atoms with Gasteiger partial charge in [0, 0.05) is 4.90 Å². The summed E-state index contributed by atoms with van der Waals surface area (Å²) < 4.78 is 13.4. The quantitative estimate of drug-likeness (QED) is 0.575. The fourth-order valence-corrected chi connectivity index (χ4v) is 4.10. The Kier molecular flexibility index (Phi) is 4.84. The van der Waals surface area contributed by atoms with E-state index < -0.39 is 11.7 Å². The molecule has 5 heteroatoms. The fourth-order valence-electron chi connectivity index (χ4n) is 3.08. The molecule has 3 nitrogen and oxygen atoms in total. The molecule has 4 rings (SSSR count). The molecule has 0 aliphatic carbocycles. The van der Waals surface area contributed by atoms with E-state index in [0.29, 0.717) is 21.7 Å². The Bertz CT molecular complexity index is 1090. The zero-order chi connectivity index (χ0) is 19.7. The van der Waals surface area contributed by atoms with Gasteiger partial charge in [-0.3, -0.25) is 9.59 Å². The number of benzene rings is 3. The number of halogens is 1. The highest BCUT2D eigenvalue weighted by atomic mass is 32.2. The number of imide groups is 1. The maximum absolute atomic E-state index is 13.4. The second kappa shape index (κ2) is 7.44. The van der Waals surface area contributed by atoms with Crippen molar-refractivity contribution in [3.63, 3.8) is 0 Å². The van der Waals surface area contributed by atoms with Gasteiger partial charge >= 0.3 is 0 Å². The Morgan fingerprint density at radius 3 is 2.21 bits per heavy atom. The number of carbonyl (C=O) groups excluding carboxylic acids is 2. The van der Waals surface area contributed by atoms with Gasteiger partial charge in [0.05, 0.1) is 16.2 Å². The molecule has 0 aromatic heterocycles. The molecule has 0 saturated carbocycles. The van der Waals surface area contributed by atoms with E-state index in [9.17, 15) is 14.0 Å². The summed E-state index contributed by atoms with van der Waals surface area (Å²) in [5, 5.41) is 0. The molecule has 0 N–H and O–H groups in total. The highest BCUT2D eigenvalue weighted by Crippen LogP contribution is 2.41. The first kappa shape index (κ1) is 18.2. The Morgan fingerprint density at radius 1 is 0.821 bits per heavy atom. The minimum atomic E-state index is -0.402. The predicted molar refractivity (Wildman–Crippen MR) is 109 cm³/mol. The van der Waals surface area contributed by atoms with Gasteiger partial charge in [-0.05, 0) is 54.4 Å². The van der Waals surface area contributed by atoms with Crippen molar-refractivity contribution in [1.82, 2.24) is 0 Å². The molecule has 3 aromatic rings. The standard InChI is InChI=1S/C23H16FNO2S/c1-15-6-5-7-18(14-15)25-22(26)20(16-10-12-17(24)13-11-16)21(23(25)27)28-19-8-3-2-4-9-19/h2-14H,1H3. The number of carbonyl (C=O) groups is 2. The van der Waals surface area contributed by atoms with Crippen LogP contribution in [-0.4, -0.2) is 11.8 Å². The molecule has 1 heterocycles. The molecule has 1 aliphatic heterocycles. The van der Waals surface area contributed by atoms with Crippen LogP contribution in [0.4, 0.5) is 10.1 Å². The van der Waals surface area contributed by atoms with Crippen LogP contribution in [0.2, 0.25) is 0 Å². The lowest BCUT2D eigenvalue weighted by atomic mass is 10.1. The maximum atomic E-state index is 13.4. The number of nitrogens with zero attached hydrogens (tertiary/aromatic N) is 1. The molecule has 2 amide bonds. The molecule has 0 spiro atoms. The minimum Gasteiger partial charge on any atom is -0.268 e. The van der Waals surface area contributed by atoms with Crippen molar-refractivity contribution in [2.24, 2.45) is 0 Å². The van der Waals surface area contributed by atoms with Gasteiger partial charge in [-0.15, -0.1) is 0 Å². The average molecular weight is 389 g/mol. The summed E-state index contributed by atoms with van der Waals surface area (Å²) >= 11 is 1.25. The SMILES string of the molecule is Cc1cccc(N2C(=O)C(Sc3ccccc3)=C(c3ccc(F)cc3)C2=O)c1. The Labute approximate surface area is 166 Å². The summed E-state index contributed by atoms with van der Waals surface area (Å²) in [6.07, 6.45) is 0. The average Bonchev–Trinajstić information content (AvgIpc) is 2.93. The second-order valence-corrected chi connectivity index (χ2v) is 7.49. The minimum absolute atomic E-state index is 0.292. The molecule has 28 heavy (non-hydrogen) atoms. The van der Waals surface area contributed by atoms with E-state index >= 15 is 0 Å². The predicted octanol–water partition coefficient (Wildman–Crippen LogP) is 5.21. The van der Waals surface area contributed by atoms with Gasteiger partial charge in [-0.1, -0.05) is 54.2 Å². The third kappa shape index (κ3) is 3.37. The zero-order valence-corrected chi connectivity index (χ0v) is 15.9. The lowest BCUT2D eigenvalue weighted by molar-refractivity contribution is -0.119. The smallest absolute Gasteiger partial charge is 0.268 e. The molecule has 1 aliphatic rings. The summed E-state index contributed by atoms with van der Waals surface area (Å²) in [7, 11) is 0. The van der Waals surface area contributed by atoms with Crippen molar-refractivity contribution in [3.05, 3.63) is 101 Å². The van der Waals surface area contributed by atoms with E-state index in [4.69, 9.17) is 0 Å². The van der Waals surface area contributed by atoms with Gasteiger partial charge in [-0.2, -0.15) is 0 Å². The van der Waals surface area contributed by atoms with Gasteiger partial charge in [0.15, 0.2) is 0 Å².